The number of Topliss-reactive ketones (excluding diaryl/α,β-unsaturated/α-hetero) is 1. The first kappa shape index (κ1) is 13.5. The van der Waals surface area contributed by atoms with Crippen molar-refractivity contribution in [1.82, 2.24) is 4.90 Å². The molecule has 1 aromatic rings. The topological polar surface area (TPSA) is 49.7 Å². The smallest absolute Gasteiger partial charge is 0.274 e. The van der Waals surface area contributed by atoms with Crippen LogP contribution in [0.2, 0.25) is 0 Å². The highest BCUT2D eigenvalue weighted by Crippen LogP contribution is 2.34. The number of benzene rings is 1. The zero-order chi connectivity index (χ0) is 15.2. The molecule has 4 nitrogen and oxygen atoms in total. The molecule has 106 valence electrons. The fraction of sp³-hybridized carbons (Fsp3) is 0.235. The average Bonchev–Trinajstić information content (AvgIpc) is 2.71. The molecule has 4 heteroatoms. The van der Waals surface area contributed by atoms with E-state index in [1.807, 2.05) is 30.3 Å². The molecule has 0 saturated heterocycles. The Labute approximate surface area is 123 Å². The van der Waals surface area contributed by atoms with Crippen LogP contribution >= 0.6 is 0 Å². The average molecular weight is 280 g/mol. The lowest BCUT2D eigenvalue weighted by atomic mass is 9.91. The Morgan fingerprint density at radius 1 is 1.00 bits per heavy atom. The van der Waals surface area contributed by atoms with Crippen LogP contribution in [0.4, 0.5) is 0 Å². The maximum Gasteiger partial charge on any atom is 0.274 e. The number of aliphatic imine (C=N–C) groups is 1. The van der Waals surface area contributed by atoms with Crippen molar-refractivity contribution in [1.29, 1.82) is 0 Å². The molecule has 3 rings (SSSR count). The van der Waals surface area contributed by atoms with Gasteiger partial charge in [-0.25, -0.2) is 4.99 Å². The summed E-state index contributed by atoms with van der Waals surface area (Å²) in [5.74, 6) is -0.131. The highest BCUT2D eigenvalue weighted by atomic mass is 16.2. The number of carbonyl (C=O) groups excluding carboxylic acids is 2. The Balaban J connectivity index is 2.15. The van der Waals surface area contributed by atoms with Crippen molar-refractivity contribution < 1.29 is 9.59 Å². The van der Waals surface area contributed by atoms with E-state index in [0.29, 0.717) is 16.9 Å². The van der Waals surface area contributed by atoms with Crippen LogP contribution in [0.5, 0.6) is 0 Å². The summed E-state index contributed by atoms with van der Waals surface area (Å²) in [6.45, 7) is 3.52. The molecule has 0 aromatic heterocycles. The third-order valence-corrected chi connectivity index (χ3v) is 3.96. The number of rotatable bonds is 1. The minimum absolute atomic E-state index is 0.00448. The van der Waals surface area contributed by atoms with Crippen LogP contribution in [0.3, 0.4) is 0 Å². The number of carbonyl (C=O) groups is 2. The van der Waals surface area contributed by atoms with Gasteiger partial charge in [-0.15, -0.1) is 0 Å². The number of allylic oxidation sites excluding steroid dienone is 2. The van der Waals surface area contributed by atoms with Crippen molar-refractivity contribution in [3.05, 3.63) is 59.2 Å². The van der Waals surface area contributed by atoms with Crippen LogP contribution in [0.25, 0.3) is 0 Å². The van der Waals surface area contributed by atoms with Crippen molar-refractivity contribution in [3.8, 4) is 0 Å². The van der Waals surface area contributed by atoms with Crippen LogP contribution in [-0.2, 0) is 9.59 Å². The van der Waals surface area contributed by atoms with E-state index in [2.05, 4.69) is 4.99 Å². The zero-order valence-electron chi connectivity index (χ0n) is 12.3. The lowest BCUT2D eigenvalue weighted by molar-refractivity contribution is -0.124. The Kier molecular flexibility index (Phi) is 2.90. The molecule has 1 aromatic carbocycles. The first-order valence-corrected chi connectivity index (χ1v) is 6.82. The van der Waals surface area contributed by atoms with Crippen molar-refractivity contribution in [2.75, 3.05) is 7.05 Å². The lowest BCUT2D eigenvalue weighted by Gasteiger charge is -2.31. The maximum atomic E-state index is 12.5. The molecule has 1 heterocycles. The summed E-state index contributed by atoms with van der Waals surface area (Å²) in [7, 11) is 1.71. The van der Waals surface area contributed by atoms with Crippen molar-refractivity contribution in [2.45, 2.75) is 19.5 Å². The molecule has 1 amide bonds. The number of hydrogen-bond acceptors (Lipinski definition) is 3. The summed E-state index contributed by atoms with van der Waals surface area (Å²) in [5, 5.41) is 0. The van der Waals surface area contributed by atoms with Crippen molar-refractivity contribution >= 4 is 17.4 Å². The van der Waals surface area contributed by atoms with Gasteiger partial charge in [-0.3, -0.25) is 9.59 Å². The summed E-state index contributed by atoms with van der Waals surface area (Å²) in [6.07, 6.45) is 3.52. The molecule has 0 unspecified atom stereocenters. The van der Waals surface area contributed by atoms with E-state index < -0.39 is 5.66 Å². The van der Waals surface area contributed by atoms with Gasteiger partial charge >= 0.3 is 0 Å². The fourth-order valence-electron chi connectivity index (χ4n) is 2.79. The van der Waals surface area contributed by atoms with Crippen molar-refractivity contribution in [3.63, 3.8) is 0 Å². The van der Waals surface area contributed by atoms with Crippen LogP contribution in [-0.4, -0.2) is 35.0 Å². The van der Waals surface area contributed by atoms with Gasteiger partial charge < -0.3 is 4.90 Å². The predicted molar refractivity (Wildman–Crippen MR) is 81.0 cm³/mol. The highest BCUT2D eigenvalue weighted by molar-refractivity contribution is 6.47. The third kappa shape index (κ3) is 1.95. The summed E-state index contributed by atoms with van der Waals surface area (Å²) < 4.78 is 0. The van der Waals surface area contributed by atoms with E-state index in [4.69, 9.17) is 0 Å². The van der Waals surface area contributed by atoms with Gasteiger partial charge in [0.05, 0.1) is 0 Å². The Morgan fingerprint density at radius 2 is 1.57 bits per heavy atom. The predicted octanol–water partition coefficient (Wildman–Crippen LogP) is 2.12. The second-order valence-corrected chi connectivity index (χ2v) is 5.46. The van der Waals surface area contributed by atoms with E-state index in [1.165, 1.54) is 0 Å². The Morgan fingerprint density at radius 3 is 2.14 bits per heavy atom. The maximum absolute atomic E-state index is 12.5. The Bertz CT molecular complexity index is 704. The molecular formula is C17H16N2O2. The quantitative estimate of drug-likeness (QED) is 0.791. The van der Waals surface area contributed by atoms with Crippen LogP contribution < -0.4 is 0 Å². The van der Waals surface area contributed by atoms with Gasteiger partial charge in [0.25, 0.3) is 5.91 Å². The number of amides is 1. The van der Waals surface area contributed by atoms with Crippen LogP contribution in [0.1, 0.15) is 19.4 Å². The Hall–Kier alpha value is -2.49. The largest absolute Gasteiger partial charge is 0.309 e. The molecule has 0 atom stereocenters. The molecule has 21 heavy (non-hydrogen) atoms. The first-order chi connectivity index (χ1) is 9.94. The molecule has 0 bridgehead atoms. The van der Waals surface area contributed by atoms with Crippen LogP contribution in [0, 0.1) is 0 Å². The number of likely N-dealkylation sites (N-methyl/N-ethyl adjacent to an activating group) is 1. The molecule has 0 saturated carbocycles. The minimum atomic E-state index is -0.871. The third-order valence-electron chi connectivity index (χ3n) is 3.96. The van der Waals surface area contributed by atoms with E-state index in [1.54, 1.807) is 37.9 Å². The summed E-state index contributed by atoms with van der Waals surface area (Å²) >= 11 is 0. The monoisotopic (exact) mass is 280 g/mol. The van der Waals surface area contributed by atoms with Gasteiger partial charge in [-0.1, -0.05) is 30.3 Å². The van der Waals surface area contributed by atoms with Gasteiger partial charge in [0.15, 0.2) is 11.4 Å². The minimum Gasteiger partial charge on any atom is -0.309 e. The molecular weight excluding hydrogens is 264 g/mol. The SMILES string of the molecule is CC1=CC2(C=C(C)C1=O)N=C(c1ccccc1)C(=O)N2C. The molecule has 0 fully saturated rings. The van der Waals surface area contributed by atoms with Crippen LogP contribution in [0.15, 0.2) is 58.6 Å². The van der Waals surface area contributed by atoms with E-state index in [0.717, 1.165) is 5.56 Å². The lowest BCUT2D eigenvalue weighted by Crippen LogP contribution is -2.43. The van der Waals surface area contributed by atoms with Crippen molar-refractivity contribution in [2.24, 2.45) is 4.99 Å². The normalized spacial score (nSPS) is 20.5. The first-order valence-electron chi connectivity index (χ1n) is 6.82. The van der Waals surface area contributed by atoms with E-state index in [9.17, 15) is 9.59 Å². The fourth-order valence-corrected chi connectivity index (χ4v) is 2.79. The number of nitrogens with zero attached hydrogens (tertiary/aromatic N) is 2. The molecule has 1 aliphatic carbocycles. The van der Waals surface area contributed by atoms with Gasteiger partial charge in [0, 0.05) is 12.6 Å². The second kappa shape index (κ2) is 4.52. The van der Waals surface area contributed by atoms with Gasteiger partial charge in [0.1, 0.15) is 5.71 Å². The second-order valence-electron chi connectivity index (χ2n) is 5.46. The van der Waals surface area contributed by atoms with Gasteiger partial charge in [0.2, 0.25) is 0 Å². The highest BCUT2D eigenvalue weighted by Gasteiger charge is 2.44. The molecule has 0 N–H and O–H groups in total. The van der Waals surface area contributed by atoms with Gasteiger partial charge in [-0.05, 0) is 37.1 Å². The number of hydrogen-bond donors (Lipinski definition) is 0. The van der Waals surface area contributed by atoms with E-state index in [-0.39, 0.29) is 11.7 Å². The zero-order valence-corrected chi connectivity index (χ0v) is 12.3. The molecule has 1 aliphatic heterocycles. The number of ketones is 1. The summed E-state index contributed by atoms with van der Waals surface area (Å²) in [4.78, 5) is 30.7. The van der Waals surface area contributed by atoms with Gasteiger partial charge in [-0.2, -0.15) is 0 Å². The summed E-state index contributed by atoms with van der Waals surface area (Å²) in [6, 6.07) is 9.39. The molecule has 2 aliphatic rings. The van der Waals surface area contributed by atoms with E-state index >= 15 is 0 Å². The summed E-state index contributed by atoms with van der Waals surface area (Å²) in [5.41, 5.74) is 1.59. The molecule has 1 spiro atoms. The molecule has 0 radical (unpaired) electrons. The standard InChI is InChI=1S/C17H16N2O2/c1-11-9-17(10-12(2)15(11)20)18-14(16(21)19(17)3)13-7-5-4-6-8-13/h4-10H,1-3H3.